The number of benzene rings is 1. The molecular weight excluding hydrogens is 252 g/mol. The first kappa shape index (κ1) is 12.7. The average molecular weight is 265 g/mol. The van der Waals surface area contributed by atoms with Crippen LogP contribution in [-0.4, -0.2) is 12.1 Å². The monoisotopic (exact) mass is 264 g/mol. The zero-order valence-corrected chi connectivity index (χ0v) is 10.6. The fourth-order valence-corrected chi connectivity index (χ4v) is 1.62. The average Bonchev–Trinajstić information content (AvgIpc) is 2.42. The van der Waals surface area contributed by atoms with Crippen molar-refractivity contribution in [2.75, 3.05) is 7.11 Å². The number of halogens is 1. The molecule has 0 spiro atoms. The molecule has 0 saturated heterocycles. The molecule has 0 aliphatic carbocycles. The minimum absolute atomic E-state index is 0.348. The van der Waals surface area contributed by atoms with Crippen molar-refractivity contribution in [3.8, 4) is 17.4 Å². The van der Waals surface area contributed by atoms with Crippen LogP contribution in [0.5, 0.6) is 17.4 Å². The minimum Gasteiger partial charge on any atom is -0.497 e. The minimum atomic E-state index is 0.348. The fourth-order valence-electron chi connectivity index (χ4n) is 1.44. The van der Waals surface area contributed by atoms with E-state index in [0.717, 1.165) is 11.3 Å². The molecule has 1 aromatic heterocycles. The Morgan fingerprint density at radius 2 is 1.89 bits per heavy atom. The van der Waals surface area contributed by atoms with Gasteiger partial charge in [-0.2, -0.15) is 0 Å². The zero-order chi connectivity index (χ0) is 13.0. The van der Waals surface area contributed by atoms with Gasteiger partial charge in [-0.15, -0.1) is 0 Å². The Morgan fingerprint density at radius 3 is 2.50 bits per heavy atom. The molecule has 4 nitrogen and oxygen atoms in total. The second kappa shape index (κ2) is 5.71. The lowest BCUT2D eigenvalue weighted by molar-refractivity contribution is 0.412. The maximum absolute atomic E-state index is 5.92. The van der Waals surface area contributed by atoms with Gasteiger partial charge in [-0.1, -0.05) is 11.6 Å². The highest BCUT2D eigenvalue weighted by molar-refractivity contribution is 6.31. The lowest BCUT2D eigenvalue weighted by atomic mass is 10.2. The van der Waals surface area contributed by atoms with Crippen LogP contribution in [0, 0.1) is 0 Å². The van der Waals surface area contributed by atoms with E-state index in [1.807, 2.05) is 12.1 Å². The van der Waals surface area contributed by atoms with Crippen LogP contribution in [-0.2, 0) is 6.54 Å². The summed E-state index contributed by atoms with van der Waals surface area (Å²) in [6, 6.07) is 8.96. The van der Waals surface area contributed by atoms with E-state index < -0.39 is 0 Å². The van der Waals surface area contributed by atoms with Crippen molar-refractivity contribution in [1.82, 2.24) is 4.98 Å². The highest BCUT2D eigenvalue weighted by Crippen LogP contribution is 2.25. The van der Waals surface area contributed by atoms with Gasteiger partial charge in [0.25, 0.3) is 0 Å². The van der Waals surface area contributed by atoms with Crippen LogP contribution in [0.3, 0.4) is 0 Å². The van der Waals surface area contributed by atoms with Crippen molar-refractivity contribution < 1.29 is 9.47 Å². The summed E-state index contributed by atoms with van der Waals surface area (Å²) in [6.07, 6.45) is 1.53. The summed E-state index contributed by atoms with van der Waals surface area (Å²) >= 11 is 5.92. The van der Waals surface area contributed by atoms with E-state index in [4.69, 9.17) is 26.8 Å². The Kier molecular flexibility index (Phi) is 4.02. The summed E-state index contributed by atoms with van der Waals surface area (Å²) < 4.78 is 10.7. The smallest absolute Gasteiger partial charge is 0.219 e. The summed E-state index contributed by atoms with van der Waals surface area (Å²) in [6.45, 7) is 0.348. The van der Waals surface area contributed by atoms with Crippen molar-refractivity contribution in [2.45, 2.75) is 6.54 Å². The second-order valence-corrected chi connectivity index (χ2v) is 4.00. The van der Waals surface area contributed by atoms with Gasteiger partial charge in [0.05, 0.1) is 12.1 Å². The van der Waals surface area contributed by atoms with Gasteiger partial charge >= 0.3 is 0 Å². The Morgan fingerprint density at radius 1 is 1.22 bits per heavy atom. The molecule has 0 aliphatic heterocycles. The normalized spacial score (nSPS) is 10.2. The standard InChI is InChI=1S/C13H13ClN2O2/c1-17-10-2-4-11(5-3-10)18-13-6-9(7-15)12(14)8-16-13/h2-6,8H,7,15H2,1H3. The third kappa shape index (κ3) is 2.91. The van der Waals surface area contributed by atoms with Crippen molar-refractivity contribution in [1.29, 1.82) is 0 Å². The summed E-state index contributed by atoms with van der Waals surface area (Å²) in [5, 5.41) is 0.541. The molecule has 0 unspecified atom stereocenters. The van der Waals surface area contributed by atoms with Crippen LogP contribution < -0.4 is 15.2 Å². The van der Waals surface area contributed by atoms with Gasteiger partial charge < -0.3 is 15.2 Å². The molecule has 2 aromatic rings. The number of hydrogen-bond donors (Lipinski definition) is 1. The quantitative estimate of drug-likeness (QED) is 0.922. The first-order valence-corrected chi connectivity index (χ1v) is 5.77. The number of nitrogens with two attached hydrogens (primary N) is 1. The number of ether oxygens (including phenoxy) is 2. The summed E-state index contributed by atoms with van der Waals surface area (Å²) in [5.41, 5.74) is 6.37. The Hall–Kier alpha value is -1.78. The van der Waals surface area contributed by atoms with Gasteiger partial charge in [0.1, 0.15) is 11.5 Å². The first-order chi connectivity index (χ1) is 8.72. The molecule has 18 heavy (non-hydrogen) atoms. The number of hydrogen-bond acceptors (Lipinski definition) is 4. The molecule has 2 N–H and O–H groups in total. The SMILES string of the molecule is COc1ccc(Oc2cc(CN)c(Cl)cn2)cc1. The van der Waals surface area contributed by atoms with Gasteiger partial charge in [-0.3, -0.25) is 0 Å². The van der Waals surface area contributed by atoms with Gasteiger partial charge in [0.2, 0.25) is 5.88 Å². The molecule has 2 rings (SSSR count). The predicted molar refractivity (Wildman–Crippen MR) is 70.2 cm³/mol. The number of aromatic nitrogens is 1. The highest BCUT2D eigenvalue weighted by atomic mass is 35.5. The molecular formula is C13H13ClN2O2. The second-order valence-electron chi connectivity index (χ2n) is 3.60. The molecule has 0 amide bonds. The molecule has 5 heteroatoms. The Balaban J connectivity index is 2.17. The Bertz CT molecular complexity index is 529. The molecule has 1 aromatic carbocycles. The van der Waals surface area contributed by atoms with E-state index in [1.54, 1.807) is 25.3 Å². The van der Waals surface area contributed by atoms with Crippen LogP contribution in [0.2, 0.25) is 5.02 Å². The maximum Gasteiger partial charge on any atom is 0.219 e. The fraction of sp³-hybridized carbons (Fsp3) is 0.154. The molecule has 0 atom stereocenters. The van der Waals surface area contributed by atoms with Crippen molar-refractivity contribution >= 4 is 11.6 Å². The lowest BCUT2D eigenvalue weighted by Gasteiger charge is -2.07. The molecule has 0 bridgehead atoms. The van der Waals surface area contributed by atoms with E-state index >= 15 is 0 Å². The maximum atomic E-state index is 5.92. The van der Waals surface area contributed by atoms with Crippen molar-refractivity contribution in [2.24, 2.45) is 5.73 Å². The molecule has 0 aliphatic rings. The van der Waals surface area contributed by atoms with Gasteiger partial charge in [0, 0.05) is 18.8 Å². The van der Waals surface area contributed by atoms with E-state index in [1.165, 1.54) is 6.20 Å². The highest BCUT2D eigenvalue weighted by Gasteiger charge is 2.04. The Labute approximate surface area is 110 Å². The third-order valence-electron chi connectivity index (χ3n) is 2.41. The van der Waals surface area contributed by atoms with E-state index in [2.05, 4.69) is 4.98 Å². The van der Waals surface area contributed by atoms with Gasteiger partial charge in [-0.25, -0.2) is 4.98 Å². The van der Waals surface area contributed by atoms with Crippen molar-refractivity contribution in [3.63, 3.8) is 0 Å². The van der Waals surface area contributed by atoms with E-state index in [9.17, 15) is 0 Å². The summed E-state index contributed by atoms with van der Waals surface area (Å²) in [7, 11) is 1.62. The zero-order valence-electron chi connectivity index (χ0n) is 9.89. The summed E-state index contributed by atoms with van der Waals surface area (Å²) in [4.78, 5) is 4.08. The number of rotatable bonds is 4. The van der Waals surface area contributed by atoms with E-state index in [-0.39, 0.29) is 0 Å². The molecule has 0 saturated carbocycles. The van der Waals surface area contributed by atoms with Crippen molar-refractivity contribution in [3.05, 3.63) is 47.1 Å². The third-order valence-corrected chi connectivity index (χ3v) is 2.75. The molecule has 0 radical (unpaired) electrons. The number of nitrogens with zero attached hydrogens (tertiary/aromatic N) is 1. The van der Waals surface area contributed by atoms with Gasteiger partial charge in [0.15, 0.2) is 0 Å². The van der Waals surface area contributed by atoms with Crippen LogP contribution in [0.15, 0.2) is 36.5 Å². The first-order valence-electron chi connectivity index (χ1n) is 5.39. The largest absolute Gasteiger partial charge is 0.497 e. The predicted octanol–water partition coefficient (Wildman–Crippen LogP) is 2.99. The van der Waals surface area contributed by atoms with Gasteiger partial charge in [-0.05, 0) is 29.8 Å². The lowest BCUT2D eigenvalue weighted by Crippen LogP contribution is -1.99. The molecule has 1 heterocycles. The topological polar surface area (TPSA) is 57.4 Å². The van der Waals surface area contributed by atoms with Crippen LogP contribution in [0.4, 0.5) is 0 Å². The van der Waals surface area contributed by atoms with E-state index in [0.29, 0.717) is 23.2 Å². The summed E-state index contributed by atoms with van der Waals surface area (Å²) in [5.74, 6) is 1.91. The number of pyridine rings is 1. The molecule has 94 valence electrons. The van der Waals surface area contributed by atoms with Crippen LogP contribution in [0.25, 0.3) is 0 Å². The van der Waals surface area contributed by atoms with Crippen LogP contribution in [0.1, 0.15) is 5.56 Å². The van der Waals surface area contributed by atoms with Crippen LogP contribution >= 0.6 is 11.6 Å². The molecule has 0 fully saturated rings. The number of methoxy groups -OCH3 is 1.